The van der Waals surface area contributed by atoms with E-state index in [-0.39, 0.29) is 13.2 Å². The summed E-state index contributed by atoms with van der Waals surface area (Å²) in [5.74, 6) is 0. The number of rotatable bonds is 2. The van der Waals surface area contributed by atoms with Gasteiger partial charge in [-0.05, 0) is 7.05 Å². The van der Waals surface area contributed by atoms with Crippen LogP contribution in [-0.4, -0.2) is 30.4 Å². The van der Waals surface area contributed by atoms with Crippen LogP contribution in [0.4, 0.5) is 0 Å². The second-order valence-electron chi connectivity index (χ2n) is 1.08. The molecular weight excluding hydrogens is 82.0 g/mol. The molecule has 0 saturated carbocycles. The Morgan fingerprint density at radius 3 is 2.33 bits per heavy atom. The summed E-state index contributed by atoms with van der Waals surface area (Å²) in [4.78, 5) is 0. The van der Waals surface area contributed by atoms with E-state index in [0.29, 0.717) is 5.06 Å². The van der Waals surface area contributed by atoms with E-state index in [9.17, 15) is 5.21 Å². The molecule has 0 aromatic carbocycles. The number of aliphatic hydroxyl groups excluding tert-OH is 1. The minimum absolute atomic E-state index is 0.0556. The topological polar surface area (TPSA) is 46.5 Å². The van der Waals surface area contributed by atoms with Crippen molar-refractivity contribution in [1.29, 1.82) is 0 Å². The van der Waals surface area contributed by atoms with Crippen molar-refractivity contribution < 1.29 is 5.11 Å². The molecule has 0 aromatic heterocycles. The van der Waals surface area contributed by atoms with E-state index in [1.165, 1.54) is 7.05 Å². The highest BCUT2D eigenvalue weighted by Crippen LogP contribution is 1.68. The third-order valence-electron chi connectivity index (χ3n) is 0.415. The molecule has 3 heteroatoms. The van der Waals surface area contributed by atoms with Gasteiger partial charge in [0.2, 0.25) is 0 Å². The average molecular weight is 90.1 g/mol. The quantitative estimate of drug-likeness (QED) is 0.461. The van der Waals surface area contributed by atoms with E-state index < -0.39 is 0 Å². The fourth-order valence-corrected chi connectivity index (χ4v) is 0.141. The van der Waals surface area contributed by atoms with Gasteiger partial charge in [-0.2, -0.15) is 0 Å². The van der Waals surface area contributed by atoms with Crippen LogP contribution in [0.2, 0.25) is 0 Å². The van der Waals surface area contributed by atoms with E-state index in [4.69, 9.17) is 5.11 Å². The normalized spacial score (nSPS) is 10.0. The lowest BCUT2D eigenvalue weighted by atomic mass is 10.7. The Bertz CT molecular complexity index is 30.0. The first kappa shape index (κ1) is 5.88. The summed E-state index contributed by atoms with van der Waals surface area (Å²) in [5, 5.41) is 18.5. The predicted molar refractivity (Wildman–Crippen MR) is 23.1 cm³/mol. The monoisotopic (exact) mass is 90.1 g/mol. The Labute approximate surface area is 36.8 Å². The van der Waals surface area contributed by atoms with Crippen molar-refractivity contribution in [2.45, 2.75) is 0 Å². The summed E-state index contributed by atoms with van der Waals surface area (Å²) in [6.45, 7) is 0.153. The lowest BCUT2D eigenvalue weighted by Gasteiger charge is -2.19. The van der Waals surface area contributed by atoms with Crippen molar-refractivity contribution in [2.24, 2.45) is 0 Å². The third kappa shape index (κ3) is 3.88. The van der Waals surface area contributed by atoms with E-state index in [0.717, 1.165) is 0 Å². The molecule has 0 bridgehead atoms. The van der Waals surface area contributed by atoms with Crippen LogP contribution < -0.4 is 0 Å². The van der Waals surface area contributed by atoms with Crippen LogP contribution >= 0.6 is 0 Å². The zero-order valence-corrected chi connectivity index (χ0v) is 3.72. The number of aliphatic hydroxyl groups is 1. The minimum Gasteiger partial charge on any atom is -0.785 e. The summed E-state index contributed by atoms with van der Waals surface area (Å²) >= 11 is 0. The number of nitrogens with zero attached hydrogens (tertiary/aromatic N) is 1. The molecule has 0 unspecified atom stereocenters. The maximum atomic E-state index is 9.80. The lowest BCUT2D eigenvalue weighted by molar-refractivity contribution is 0.254. The number of likely N-dealkylation sites (N-methyl/N-ethyl adjacent to an activating group) is 1. The fourth-order valence-electron chi connectivity index (χ4n) is 0.141. The van der Waals surface area contributed by atoms with E-state index in [1.807, 2.05) is 0 Å². The third-order valence-corrected chi connectivity index (χ3v) is 0.415. The number of hydrogen-bond acceptors (Lipinski definition) is 3. The summed E-state index contributed by atoms with van der Waals surface area (Å²) in [6, 6.07) is 0. The highest BCUT2D eigenvalue weighted by Gasteiger charge is 1.73. The molecule has 3 nitrogen and oxygen atoms in total. The Hall–Kier alpha value is -0.120. The van der Waals surface area contributed by atoms with Gasteiger partial charge < -0.3 is 15.4 Å². The molecule has 0 fully saturated rings. The molecule has 0 radical (unpaired) electrons. The zero-order chi connectivity index (χ0) is 4.99. The molecular formula is C3H8NO2-. The number of hydrogen-bond donors (Lipinski definition) is 1. The molecule has 0 amide bonds. The van der Waals surface area contributed by atoms with E-state index >= 15 is 0 Å². The second-order valence-corrected chi connectivity index (χ2v) is 1.08. The molecule has 0 saturated heterocycles. The Balaban J connectivity index is 2.63. The summed E-state index contributed by atoms with van der Waals surface area (Å²) in [6.07, 6.45) is 0. The standard InChI is InChI=1S/C3H8NO2/c1-4(6)2-3-5/h5H,2-3H2,1H3/q-1. The van der Waals surface area contributed by atoms with Gasteiger partial charge in [0.1, 0.15) is 0 Å². The lowest BCUT2D eigenvalue weighted by Crippen LogP contribution is -2.13. The van der Waals surface area contributed by atoms with Crippen molar-refractivity contribution in [1.82, 2.24) is 5.06 Å². The van der Waals surface area contributed by atoms with Crippen LogP contribution in [0.5, 0.6) is 0 Å². The molecule has 0 aromatic rings. The first-order valence-corrected chi connectivity index (χ1v) is 1.76. The second kappa shape index (κ2) is 3.08. The molecule has 6 heavy (non-hydrogen) atoms. The van der Waals surface area contributed by atoms with Crippen molar-refractivity contribution in [3.63, 3.8) is 0 Å². The molecule has 0 aliphatic carbocycles. The Morgan fingerprint density at radius 2 is 2.33 bits per heavy atom. The van der Waals surface area contributed by atoms with Crippen LogP contribution in [0.1, 0.15) is 0 Å². The first-order chi connectivity index (χ1) is 2.77. The molecule has 0 rings (SSSR count). The van der Waals surface area contributed by atoms with Gasteiger partial charge in [0.15, 0.2) is 0 Å². The SMILES string of the molecule is CN([O-])CCO. The van der Waals surface area contributed by atoms with Gasteiger partial charge in [-0.1, -0.05) is 0 Å². The van der Waals surface area contributed by atoms with Gasteiger partial charge in [0.05, 0.1) is 6.61 Å². The Morgan fingerprint density at radius 1 is 1.83 bits per heavy atom. The summed E-state index contributed by atoms with van der Waals surface area (Å²) in [5.41, 5.74) is 0. The molecule has 0 heterocycles. The van der Waals surface area contributed by atoms with Crippen molar-refractivity contribution >= 4 is 0 Å². The predicted octanol–water partition coefficient (Wildman–Crippen LogP) is -0.592. The van der Waals surface area contributed by atoms with Crippen LogP contribution in [0, 0.1) is 5.21 Å². The van der Waals surface area contributed by atoms with Crippen LogP contribution in [0.25, 0.3) is 0 Å². The highest BCUT2D eigenvalue weighted by atomic mass is 16.5. The molecule has 1 N–H and O–H groups in total. The number of hydroxylamine groups is 2. The van der Waals surface area contributed by atoms with E-state index in [2.05, 4.69) is 0 Å². The van der Waals surface area contributed by atoms with Crippen LogP contribution in [0.15, 0.2) is 0 Å². The zero-order valence-electron chi connectivity index (χ0n) is 3.72. The largest absolute Gasteiger partial charge is 0.785 e. The van der Waals surface area contributed by atoms with Gasteiger partial charge >= 0.3 is 0 Å². The van der Waals surface area contributed by atoms with Crippen LogP contribution in [0.3, 0.4) is 0 Å². The average Bonchev–Trinajstić information content (AvgIpc) is 1.35. The molecule has 38 valence electrons. The molecule has 0 aliphatic heterocycles. The summed E-state index contributed by atoms with van der Waals surface area (Å²) in [7, 11) is 1.37. The minimum atomic E-state index is -0.0556. The van der Waals surface area contributed by atoms with E-state index in [1.54, 1.807) is 0 Å². The van der Waals surface area contributed by atoms with Crippen LogP contribution in [-0.2, 0) is 0 Å². The Kier molecular flexibility index (Phi) is 3.02. The van der Waals surface area contributed by atoms with Gasteiger partial charge in [0.25, 0.3) is 0 Å². The van der Waals surface area contributed by atoms with Crippen molar-refractivity contribution in [2.75, 3.05) is 20.2 Å². The molecule has 0 aliphatic rings. The fraction of sp³-hybridized carbons (Fsp3) is 1.00. The maximum absolute atomic E-state index is 9.80. The highest BCUT2D eigenvalue weighted by molar-refractivity contribution is 4.43. The molecule has 0 spiro atoms. The van der Waals surface area contributed by atoms with Gasteiger partial charge in [0, 0.05) is 6.54 Å². The first-order valence-electron chi connectivity index (χ1n) is 1.76. The smallest absolute Gasteiger partial charge is 0.0549 e. The van der Waals surface area contributed by atoms with Gasteiger partial charge in [-0.15, -0.1) is 0 Å². The van der Waals surface area contributed by atoms with Crippen molar-refractivity contribution in [3.05, 3.63) is 5.21 Å². The molecule has 0 atom stereocenters. The maximum Gasteiger partial charge on any atom is 0.0549 e. The van der Waals surface area contributed by atoms with Gasteiger partial charge in [-0.3, -0.25) is 0 Å². The van der Waals surface area contributed by atoms with Gasteiger partial charge in [-0.25, -0.2) is 0 Å². The summed E-state index contributed by atoms with van der Waals surface area (Å²) < 4.78 is 0. The van der Waals surface area contributed by atoms with Crippen molar-refractivity contribution in [3.8, 4) is 0 Å².